The molecule has 0 N–H and O–H groups in total. The highest BCUT2D eigenvalue weighted by Gasteiger charge is 2.19. The van der Waals surface area contributed by atoms with Gasteiger partial charge in [-0.2, -0.15) is 0 Å². The van der Waals surface area contributed by atoms with Crippen molar-refractivity contribution < 1.29 is 4.74 Å². The van der Waals surface area contributed by atoms with Gasteiger partial charge >= 0.3 is 0 Å². The predicted octanol–water partition coefficient (Wildman–Crippen LogP) is 3.63. The zero-order chi connectivity index (χ0) is 16.2. The van der Waals surface area contributed by atoms with Crippen molar-refractivity contribution in [3.63, 3.8) is 0 Å². The molecule has 0 bridgehead atoms. The maximum atomic E-state index is 12.9. The molecule has 0 radical (unpaired) electrons. The third kappa shape index (κ3) is 3.85. The molecular formula is C18H22N2O2S. The fourth-order valence-electron chi connectivity index (χ4n) is 2.69. The molecule has 0 saturated carbocycles. The molecule has 0 unspecified atom stereocenters. The largest absolute Gasteiger partial charge is 0.376 e. The lowest BCUT2D eigenvalue weighted by Gasteiger charge is -2.16. The molecule has 1 aromatic carbocycles. The van der Waals surface area contributed by atoms with E-state index in [-0.39, 0.29) is 11.7 Å². The van der Waals surface area contributed by atoms with Gasteiger partial charge in [-0.25, -0.2) is 4.98 Å². The Morgan fingerprint density at radius 3 is 3.00 bits per heavy atom. The van der Waals surface area contributed by atoms with Crippen LogP contribution in [0.3, 0.4) is 0 Å². The zero-order valence-corrected chi connectivity index (χ0v) is 14.4. The maximum Gasteiger partial charge on any atom is 0.262 e. The van der Waals surface area contributed by atoms with Gasteiger partial charge < -0.3 is 4.74 Å². The summed E-state index contributed by atoms with van der Waals surface area (Å²) in [6.45, 7) is 5.54. The second kappa shape index (κ2) is 7.32. The molecule has 1 saturated heterocycles. The van der Waals surface area contributed by atoms with E-state index in [0.717, 1.165) is 35.9 Å². The number of aromatic nitrogens is 2. The van der Waals surface area contributed by atoms with Crippen LogP contribution in [0.4, 0.5) is 0 Å². The summed E-state index contributed by atoms with van der Waals surface area (Å²) >= 11 is 1.61. The summed E-state index contributed by atoms with van der Waals surface area (Å²) in [6, 6.07) is 7.56. The van der Waals surface area contributed by atoms with Crippen LogP contribution in [0.25, 0.3) is 10.9 Å². The minimum absolute atomic E-state index is 0.0331. The van der Waals surface area contributed by atoms with Gasteiger partial charge in [-0.15, -0.1) is 0 Å². The normalized spacial score (nSPS) is 17.6. The third-order valence-corrected chi connectivity index (χ3v) is 4.84. The summed E-state index contributed by atoms with van der Waals surface area (Å²) in [4.78, 5) is 17.6. The van der Waals surface area contributed by atoms with E-state index in [2.05, 4.69) is 19.9 Å². The number of hydrogen-bond donors (Lipinski definition) is 0. The van der Waals surface area contributed by atoms with E-state index in [1.54, 1.807) is 16.3 Å². The molecule has 2 aromatic rings. The van der Waals surface area contributed by atoms with Crippen LogP contribution in [0.5, 0.6) is 0 Å². The molecule has 0 spiro atoms. The number of fused-ring (bicyclic) bond motifs is 1. The quantitative estimate of drug-likeness (QED) is 0.477. The summed E-state index contributed by atoms with van der Waals surface area (Å²) < 4.78 is 7.51. The van der Waals surface area contributed by atoms with Crippen LogP contribution in [0.1, 0.15) is 26.7 Å². The van der Waals surface area contributed by atoms with Crippen LogP contribution in [0.15, 0.2) is 45.9 Å². The van der Waals surface area contributed by atoms with Gasteiger partial charge in [0.15, 0.2) is 5.16 Å². The van der Waals surface area contributed by atoms with Crippen molar-refractivity contribution in [2.45, 2.75) is 44.5 Å². The number of benzene rings is 1. The van der Waals surface area contributed by atoms with Crippen molar-refractivity contribution in [2.75, 3.05) is 12.4 Å². The van der Waals surface area contributed by atoms with Gasteiger partial charge in [0.05, 0.1) is 23.6 Å². The molecule has 4 nitrogen and oxygen atoms in total. The molecule has 1 fully saturated rings. The van der Waals surface area contributed by atoms with E-state index < -0.39 is 0 Å². The number of ether oxygens (including phenoxy) is 1. The number of allylic oxidation sites excluding steroid dienone is 1. The van der Waals surface area contributed by atoms with E-state index in [9.17, 15) is 4.79 Å². The molecule has 1 atom stereocenters. The molecular weight excluding hydrogens is 308 g/mol. The molecule has 3 rings (SSSR count). The van der Waals surface area contributed by atoms with Crippen molar-refractivity contribution in [3.05, 3.63) is 46.3 Å². The maximum absolute atomic E-state index is 12.9. The van der Waals surface area contributed by atoms with Gasteiger partial charge in [-0.1, -0.05) is 35.5 Å². The van der Waals surface area contributed by atoms with Gasteiger partial charge in [0.25, 0.3) is 5.56 Å². The molecule has 0 aliphatic carbocycles. The second-order valence-corrected chi connectivity index (χ2v) is 7.04. The van der Waals surface area contributed by atoms with Gasteiger partial charge in [0.1, 0.15) is 0 Å². The summed E-state index contributed by atoms with van der Waals surface area (Å²) in [5.74, 6) is 0.818. The average molecular weight is 330 g/mol. The Hall–Kier alpha value is -1.59. The summed E-state index contributed by atoms with van der Waals surface area (Å²) in [6.07, 6.45) is 4.36. The Labute approximate surface area is 140 Å². The average Bonchev–Trinajstić information content (AvgIpc) is 3.04. The fourth-order valence-corrected chi connectivity index (χ4v) is 3.74. The predicted molar refractivity (Wildman–Crippen MR) is 95.1 cm³/mol. The molecule has 5 heteroatoms. The lowest BCUT2D eigenvalue weighted by Crippen LogP contribution is -2.28. The first-order valence-electron chi connectivity index (χ1n) is 8.02. The standard InChI is InChI=1S/C18H22N2O2S/c1-13(2)9-11-23-18-19-16-8-4-3-7-15(16)17(21)20(18)12-14-6-5-10-22-14/h3-4,7-9,14H,5-6,10-12H2,1-2H3/t14-/m1/s1. The molecule has 2 heterocycles. The van der Waals surface area contributed by atoms with Gasteiger partial charge in [-0.05, 0) is 38.8 Å². The first kappa shape index (κ1) is 16.3. The lowest BCUT2D eigenvalue weighted by atomic mass is 10.2. The van der Waals surface area contributed by atoms with E-state index in [1.165, 1.54) is 5.57 Å². The van der Waals surface area contributed by atoms with Crippen molar-refractivity contribution in [1.82, 2.24) is 9.55 Å². The van der Waals surface area contributed by atoms with Gasteiger partial charge in [0, 0.05) is 12.4 Å². The number of para-hydroxylation sites is 1. The lowest BCUT2D eigenvalue weighted by molar-refractivity contribution is 0.0937. The molecule has 1 aromatic heterocycles. The summed E-state index contributed by atoms with van der Waals surface area (Å²) in [5, 5.41) is 1.46. The highest BCUT2D eigenvalue weighted by Crippen LogP contribution is 2.21. The smallest absolute Gasteiger partial charge is 0.262 e. The van der Waals surface area contributed by atoms with Crippen LogP contribution in [0.2, 0.25) is 0 Å². The minimum Gasteiger partial charge on any atom is -0.376 e. The van der Waals surface area contributed by atoms with Gasteiger partial charge in [-0.3, -0.25) is 9.36 Å². The van der Waals surface area contributed by atoms with Crippen molar-refractivity contribution in [2.24, 2.45) is 0 Å². The van der Waals surface area contributed by atoms with Crippen molar-refractivity contribution in [3.8, 4) is 0 Å². The Bertz CT molecular complexity index is 772. The first-order valence-corrected chi connectivity index (χ1v) is 9.01. The Balaban J connectivity index is 1.99. The third-order valence-electron chi connectivity index (χ3n) is 3.94. The van der Waals surface area contributed by atoms with E-state index in [1.807, 2.05) is 24.3 Å². The number of nitrogens with zero attached hydrogens (tertiary/aromatic N) is 2. The van der Waals surface area contributed by atoms with Crippen LogP contribution in [0, 0.1) is 0 Å². The minimum atomic E-state index is 0.0331. The van der Waals surface area contributed by atoms with Crippen LogP contribution >= 0.6 is 11.8 Å². The number of rotatable bonds is 5. The summed E-state index contributed by atoms with van der Waals surface area (Å²) in [5.41, 5.74) is 2.07. The second-order valence-electron chi connectivity index (χ2n) is 6.05. The van der Waals surface area contributed by atoms with Crippen LogP contribution in [-0.2, 0) is 11.3 Å². The molecule has 1 aliphatic rings. The van der Waals surface area contributed by atoms with Crippen LogP contribution in [-0.4, -0.2) is 28.0 Å². The van der Waals surface area contributed by atoms with Crippen LogP contribution < -0.4 is 5.56 Å². The monoisotopic (exact) mass is 330 g/mol. The zero-order valence-electron chi connectivity index (χ0n) is 13.6. The van der Waals surface area contributed by atoms with Crippen molar-refractivity contribution in [1.29, 1.82) is 0 Å². The highest BCUT2D eigenvalue weighted by atomic mass is 32.2. The topological polar surface area (TPSA) is 44.1 Å². The molecule has 23 heavy (non-hydrogen) atoms. The SMILES string of the molecule is CC(C)=CCSc1nc2ccccc2c(=O)n1C[C@H]1CCCO1. The van der Waals surface area contributed by atoms with E-state index >= 15 is 0 Å². The van der Waals surface area contributed by atoms with Gasteiger partial charge in [0.2, 0.25) is 0 Å². The molecule has 0 amide bonds. The molecule has 122 valence electrons. The van der Waals surface area contributed by atoms with Crippen molar-refractivity contribution >= 4 is 22.7 Å². The van der Waals surface area contributed by atoms with E-state index in [0.29, 0.717) is 11.9 Å². The molecule has 1 aliphatic heterocycles. The Kier molecular flexibility index (Phi) is 5.18. The highest BCUT2D eigenvalue weighted by molar-refractivity contribution is 7.99. The van der Waals surface area contributed by atoms with E-state index in [4.69, 9.17) is 9.72 Å². The summed E-state index contributed by atoms with van der Waals surface area (Å²) in [7, 11) is 0. The Morgan fingerprint density at radius 2 is 2.26 bits per heavy atom. The fraction of sp³-hybridized carbons (Fsp3) is 0.444. The first-order chi connectivity index (χ1) is 11.1. The number of thioether (sulfide) groups is 1. The number of hydrogen-bond acceptors (Lipinski definition) is 4. The Morgan fingerprint density at radius 1 is 1.43 bits per heavy atom.